The second-order valence-electron chi connectivity index (χ2n) is 4.37. The zero-order valence-electron chi connectivity index (χ0n) is 10.8. The number of rotatable bonds is 2. The maximum atomic E-state index is 12.0. The van der Waals surface area contributed by atoms with Crippen LogP contribution in [0.5, 0.6) is 11.5 Å². The molecule has 0 atom stereocenters. The summed E-state index contributed by atoms with van der Waals surface area (Å²) >= 11 is 0. The predicted octanol–water partition coefficient (Wildman–Crippen LogP) is 3.17. The van der Waals surface area contributed by atoms with Crippen molar-refractivity contribution in [3.63, 3.8) is 0 Å². The van der Waals surface area contributed by atoms with Crippen molar-refractivity contribution in [1.82, 2.24) is 0 Å². The Morgan fingerprint density at radius 3 is 2.55 bits per heavy atom. The van der Waals surface area contributed by atoms with Crippen LogP contribution < -0.4 is 10.4 Å². The molecular formula is C16H12O4. The summed E-state index contributed by atoms with van der Waals surface area (Å²) in [4.78, 5) is 12.0. The Morgan fingerprint density at radius 1 is 1.10 bits per heavy atom. The lowest BCUT2D eigenvalue weighted by molar-refractivity contribution is 0.409. The molecule has 3 rings (SSSR count). The maximum absolute atomic E-state index is 12.0. The summed E-state index contributed by atoms with van der Waals surface area (Å²) in [5.41, 5.74) is 0.232. The Hall–Kier alpha value is -2.75. The number of hydrogen-bond acceptors (Lipinski definition) is 4. The van der Waals surface area contributed by atoms with Crippen LogP contribution >= 0.6 is 0 Å². The van der Waals surface area contributed by atoms with Crippen LogP contribution in [0.4, 0.5) is 0 Å². The van der Waals surface area contributed by atoms with E-state index in [4.69, 9.17) is 9.15 Å². The fraction of sp³-hybridized carbons (Fsp3) is 0.0625. The standard InChI is InChI=1S/C16H12O4/c1-19-12-7-11-8-14(10-5-3-2-4-6-10)20-16(18)15(11)13(17)9-12/h2-9,17H,1H3. The molecule has 0 bridgehead atoms. The molecule has 0 aliphatic carbocycles. The van der Waals surface area contributed by atoms with Gasteiger partial charge in [-0.2, -0.15) is 0 Å². The number of ether oxygens (including phenoxy) is 1. The normalized spacial score (nSPS) is 10.7. The third kappa shape index (κ3) is 2.01. The van der Waals surface area contributed by atoms with E-state index < -0.39 is 5.63 Å². The van der Waals surface area contributed by atoms with Gasteiger partial charge in [0.15, 0.2) is 0 Å². The van der Waals surface area contributed by atoms with Crippen molar-refractivity contribution in [2.24, 2.45) is 0 Å². The third-order valence-corrected chi connectivity index (χ3v) is 3.11. The lowest BCUT2D eigenvalue weighted by Crippen LogP contribution is -2.01. The van der Waals surface area contributed by atoms with E-state index in [0.29, 0.717) is 16.9 Å². The molecule has 100 valence electrons. The van der Waals surface area contributed by atoms with Gasteiger partial charge in [0.25, 0.3) is 0 Å². The van der Waals surface area contributed by atoms with Gasteiger partial charge in [0.05, 0.1) is 7.11 Å². The van der Waals surface area contributed by atoms with Crippen LogP contribution in [0.3, 0.4) is 0 Å². The predicted molar refractivity (Wildman–Crippen MR) is 76.1 cm³/mol. The van der Waals surface area contributed by atoms with Crippen LogP contribution in [0.2, 0.25) is 0 Å². The molecule has 20 heavy (non-hydrogen) atoms. The van der Waals surface area contributed by atoms with Gasteiger partial charge in [-0.25, -0.2) is 4.79 Å². The monoisotopic (exact) mass is 268 g/mol. The highest BCUT2D eigenvalue weighted by atomic mass is 16.5. The molecule has 0 unspecified atom stereocenters. The van der Waals surface area contributed by atoms with E-state index >= 15 is 0 Å². The molecule has 0 saturated carbocycles. The Bertz CT molecular complexity index is 819. The van der Waals surface area contributed by atoms with Crippen LogP contribution in [0.25, 0.3) is 22.1 Å². The van der Waals surface area contributed by atoms with Gasteiger partial charge < -0.3 is 14.3 Å². The number of methoxy groups -OCH3 is 1. The molecule has 0 saturated heterocycles. The smallest absolute Gasteiger partial charge is 0.347 e. The molecule has 1 N–H and O–H groups in total. The van der Waals surface area contributed by atoms with Crippen molar-refractivity contribution in [2.45, 2.75) is 0 Å². The van der Waals surface area contributed by atoms with Gasteiger partial charge in [-0.15, -0.1) is 0 Å². The molecule has 0 fully saturated rings. The SMILES string of the molecule is COc1cc(O)c2c(=O)oc(-c3ccccc3)cc2c1. The highest BCUT2D eigenvalue weighted by Gasteiger charge is 2.11. The summed E-state index contributed by atoms with van der Waals surface area (Å²) in [5.74, 6) is 0.795. The van der Waals surface area contributed by atoms with E-state index in [0.717, 1.165) is 5.56 Å². The molecule has 0 aliphatic rings. The minimum atomic E-state index is -0.568. The number of benzene rings is 2. The first-order valence-electron chi connectivity index (χ1n) is 6.09. The summed E-state index contributed by atoms with van der Waals surface area (Å²) < 4.78 is 10.4. The van der Waals surface area contributed by atoms with Crippen LogP contribution in [0.15, 0.2) is 57.7 Å². The van der Waals surface area contributed by atoms with Crippen LogP contribution in [0.1, 0.15) is 0 Å². The minimum Gasteiger partial charge on any atom is -0.507 e. The first-order chi connectivity index (χ1) is 9.69. The molecule has 1 heterocycles. The van der Waals surface area contributed by atoms with Crippen molar-refractivity contribution in [3.05, 3.63) is 59.0 Å². The molecule has 4 heteroatoms. The van der Waals surface area contributed by atoms with Gasteiger partial charge in [0.1, 0.15) is 22.6 Å². The van der Waals surface area contributed by atoms with Crippen LogP contribution in [0, 0.1) is 0 Å². The Morgan fingerprint density at radius 2 is 1.85 bits per heavy atom. The summed E-state index contributed by atoms with van der Waals surface area (Å²) in [6, 6.07) is 14.1. The molecule has 0 spiro atoms. The number of aromatic hydroxyl groups is 1. The van der Waals surface area contributed by atoms with Gasteiger partial charge in [0.2, 0.25) is 0 Å². The van der Waals surface area contributed by atoms with E-state index in [1.54, 1.807) is 12.1 Å². The quantitative estimate of drug-likeness (QED) is 0.775. The van der Waals surface area contributed by atoms with Gasteiger partial charge in [-0.3, -0.25) is 0 Å². The fourth-order valence-electron chi connectivity index (χ4n) is 2.14. The van der Waals surface area contributed by atoms with E-state index in [-0.39, 0.29) is 11.1 Å². The molecule has 3 aromatic rings. The lowest BCUT2D eigenvalue weighted by atomic mass is 10.1. The fourth-order valence-corrected chi connectivity index (χ4v) is 2.14. The second-order valence-corrected chi connectivity index (χ2v) is 4.37. The Kier molecular flexibility index (Phi) is 2.91. The van der Waals surface area contributed by atoms with E-state index in [2.05, 4.69) is 0 Å². The topological polar surface area (TPSA) is 59.7 Å². The molecule has 4 nitrogen and oxygen atoms in total. The number of hydrogen-bond donors (Lipinski definition) is 1. The molecule has 0 aliphatic heterocycles. The molecule has 0 amide bonds. The van der Waals surface area contributed by atoms with E-state index in [1.807, 2.05) is 30.3 Å². The van der Waals surface area contributed by atoms with Crippen molar-refractivity contribution >= 4 is 10.8 Å². The first-order valence-corrected chi connectivity index (χ1v) is 6.09. The second kappa shape index (κ2) is 4.74. The average Bonchev–Trinajstić information content (AvgIpc) is 2.47. The lowest BCUT2D eigenvalue weighted by Gasteiger charge is -2.06. The molecule has 2 aromatic carbocycles. The summed E-state index contributed by atoms with van der Waals surface area (Å²) in [6.07, 6.45) is 0. The first kappa shape index (κ1) is 12.3. The van der Waals surface area contributed by atoms with Crippen molar-refractivity contribution in [3.8, 4) is 22.8 Å². The van der Waals surface area contributed by atoms with Crippen LogP contribution in [-0.2, 0) is 0 Å². The third-order valence-electron chi connectivity index (χ3n) is 3.11. The zero-order chi connectivity index (χ0) is 14.1. The summed E-state index contributed by atoms with van der Waals surface area (Å²) in [5, 5.41) is 10.6. The molecular weight excluding hydrogens is 256 g/mol. The average molecular weight is 268 g/mol. The zero-order valence-corrected chi connectivity index (χ0v) is 10.8. The highest BCUT2D eigenvalue weighted by Crippen LogP contribution is 2.30. The van der Waals surface area contributed by atoms with Crippen LogP contribution in [-0.4, -0.2) is 12.2 Å². The maximum Gasteiger partial charge on any atom is 0.347 e. The number of phenols is 1. The van der Waals surface area contributed by atoms with Crippen molar-refractivity contribution in [1.29, 1.82) is 0 Å². The Labute approximate surface area is 114 Å². The Balaban J connectivity index is 2.31. The number of phenolic OH excluding ortho intramolecular Hbond substituents is 1. The highest BCUT2D eigenvalue weighted by molar-refractivity contribution is 5.90. The summed E-state index contributed by atoms with van der Waals surface area (Å²) in [7, 11) is 1.50. The van der Waals surface area contributed by atoms with Gasteiger partial charge in [0, 0.05) is 17.0 Å². The largest absolute Gasteiger partial charge is 0.507 e. The van der Waals surface area contributed by atoms with Gasteiger partial charge >= 0.3 is 5.63 Å². The minimum absolute atomic E-state index is 0.146. The van der Waals surface area contributed by atoms with Crippen molar-refractivity contribution in [2.75, 3.05) is 7.11 Å². The molecule has 0 radical (unpaired) electrons. The van der Waals surface area contributed by atoms with Gasteiger partial charge in [-0.1, -0.05) is 30.3 Å². The van der Waals surface area contributed by atoms with Crippen molar-refractivity contribution < 1.29 is 14.3 Å². The van der Waals surface area contributed by atoms with E-state index in [1.165, 1.54) is 13.2 Å². The van der Waals surface area contributed by atoms with E-state index in [9.17, 15) is 9.90 Å². The number of fused-ring (bicyclic) bond motifs is 1. The summed E-state index contributed by atoms with van der Waals surface area (Å²) in [6.45, 7) is 0. The molecule has 1 aromatic heterocycles. The van der Waals surface area contributed by atoms with Gasteiger partial charge in [-0.05, 0) is 12.1 Å².